The van der Waals surface area contributed by atoms with Gasteiger partial charge < -0.3 is 9.52 Å². The highest BCUT2D eigenvalue weighted by Gasteiger charge is 2.62. The zero-order valence-electron chi connectivity index (χ0n) is 16.5. The summed E-state index contributed by atoms with van der Waals surface area (Å²) in [6.45, 7) is 0. The second-order valence-electron chi connectivity index (χ2n) is 7.36. The summed E-state index contributed by atoms with van der Waals surface area (Å²) in [6.07, 6.45) is -5.83. The van der Waals surface area contributed by atoms with E-state index in [1.165, 1.54) is 29.6 Å². The van der Waals surface area contributed by atoms with Crippen LogP contribution in [0.4, 0.5) is 18.3 Å². The Morgan fingerprint density at radius 1 is 1.15 bits per heavy atom. The highest BCUT2D eigenvalue weighted by Crippen LogP contribution is 2.45. The maximum Gasteiger partial charge on any atom is 0.438 e. The number of hydrogen-bond acceptors (Lipinski definition) is 7. The standard InChI is InChI=1S/C22H13ClF3N3O3S/c23-14-7-5-12(6-8-14)16-10-21(31,22(24,25)26)29(28-16)20-27-17(11-33-20)15-9-13-3-1-2-4-18(13)32-19(15)30/h1-9,11,31H,10H2/t21-/m1/s1. The molecule has 2 aromatic heterocycles. The van der Waals surface area contributed by atoms with Crippen LogP contribution in [0.1, 0.15) is 12.0 Å². The Morgan fingerprint density at radius 3 is 2.61 bits per heavy atom. The van der Waals surface area contributed by atoms with Crippen molar-refractivity contribution in [2.45, 2.75) is 18.3 Å². The number of benzene rings is 2. The van der Waals surface area contributed by atoms with E-state index < -0.39 is 23.9 Å². The van der Waals surface area contributed by atoms with Crippen LogP contribution in [0.2, 0.25) is 5.02 Å². The van der Waals surface area contributed by atoms with E-state index >= 15 is 0 Å². The van der Waals surface area contributed by atoms with Crippen LogP contribution in [0.15, 0.2) is 74.3 Å². The fourth-order valence-corrected chi connectivity index (χ4v) is 4.46. The lowest BCUT2D eigenvalue weighted by Crippen LogP contribution is -2.55. The fraction of sp³-hybridized carbons (Fsp3) is 0.136. The molecular weight excluding hydrogens is 479 g/mol. The van der Waals surface area contributed by atoms with Crippen molar-refractivity contribution in [1.29, 1.82) is 0 Å². The van der Waals surface area contributed by atoms with E-state index in [4.69, 9.17) is 16.0 Å². The molecule has 6 nitrogen and oxygen atoms in total. The molecule has 0 bridgehead atoms. The Morgan fingerprint density at radius 2 is 1.88 bits per heavy atom. The zero-order chi connectivity index (χ0) is 23.4. The molecule has 1 aliphatic rings. The lowest BCUT2D eigenvalue weighted by atomic mass is 10.0. The average molecular weight is 492 g/mol. The van der Waals surface area contributed by atoms with Gasteiger partial charge in [0.2, 0.25) is 5.13 Å². The third kappa shape index (κ3) is 3.69. The third-order valence-electron chi connectivity index (χ3n) is 5.21. The van der Waals surface area contributed by atoms with E-state index in [0.717, 1.165) is 11.3 Å². The molecule has 1 atom stereocenters. The van der Waals surface area contributed by atoms with Gasteiger partial charge in [-0.15, -0.1) is 11.3 Å². The molecule has 2 aromatic carbocycles. The van der Waals surface area contributed by atoms with Crippen molar-refractivity contribution in [3.63, 3.8) is 0 Å². The summed E-state index contributed by atoms with van der Waals surface area (Å²) in [5.74, 6) is 0. The number of anilines is 1. The van der Waals surface area contributed by atoms with Gasteiger partial charge in [-0.25, -0.2) is 9.78 Å². The number of para-hydroxylation sites is 1. The lowest BCUT2D eigenvalue weighted by molar-refractivity contribution is -0.254. The van der Waals surface area contributed by atoms with Crippen molar-refractivity contribution < 1.29 is 22.7 Å². The van der Waals surface area contributed by atoms with Crippen molar-refractivity contribution in [2.24, 2.45) is 5.10 Å². The number of aliphatic hydroxyl groups is 1. The Hall–Kier alpha value is -3.21. The monoisotopic (exact) mass is 491 g/mol. The number of nitrogens with zero attached hydrogens (tertiary/aromatic N) is 3. The van der Waals surface area contributed by atoms with Crippen LogP contribution in [-0.4, -0.2) is 27.7 Å². The van der Waals surface area contributed by atoms with E-state index in [2.05, 4.69) is 10.1 Å². The molecule has 11 heteroatoms. The van der Waals surface area contributed by atoms with Gasteiger partial charge in [-0.3, -0.25) is 0 Å². The smallest absolute Gasteiger partial charge is 0.422 e. The number of aromatic nitrogens is 1. The number of fused-ring (bicyclic) bond motifs is 1. The van der Waals surface area contributed by atoms with E-state index in [1.807, 2.05) is 0 Å². The molecule has 0 fully saturated rings. The molecule has 33 heavy (non-hydrogen) atoms. The largest absolute Gasteiger partial charge is 0.438 e. The number of hydrogen-bond donors (Lipinski definition) is 1. The summed E-state index contributed by atoms with van der Waals surface area (Å²) >= 11 is 6.68. The van der Waals surface area contributed by atoms with Gasteiger partial charge >= 0.3 is 11.8 Å². The zero-order valence-corrected chi connectivity index (χ0v) is 18.1. The maximum absolute atomic E-state index is 13.9. The van der Waals surface area contributed by atoms with E-state index in [-0.39, 0.29) is 22.1 Å². The van der Waals surface area contributed by atoms with Crippen molar-refractivity contribution in [1.82, 2.24) is 4.98 Å². The Kier molecular flexibility index (Phi) is 5.04. The predicted octanol–water partition coefficient (Wildman–Crippen LogP) is 5.44. The van der Waals surface area contributed by atoms with Gasteiger partial charge in [0.05, 0.1) is 23.4 Å². The van der Waals surface area contributed by atoms with Crippen LogP contribution in [0.3, 0.4) is 0 Å². The van der Waals surface area contributed by atoms with Gasteiger partial charge in [0.15, 0.2) is 0 Å². The Bertz CT molecular complexity index is 1450. The summed E-state index contributed by atoms with van der Waals surface area (Å²) in [5.41, 5.74) is -2.98. The number of rotatable bonds is 3. The SMILES string of the molecule is O=c1oc2ccccc2cc1-c1csc(N2N=C(c3ccc(Cl)cc3)C[C@@]2(O)C(F)(F)F)n1. The highest BCUT2D eigenvalue weighted by molar-refractivity contribution is 7.14. The van der Waals surface area contributed by atoms with Crippen LogP contribution < -0.4 is 10.6 Å². The van der Waals surface area contributed by atoms with Crippen molar-refractivity contribution in [2.75, 3.05) is 5.01 Å². The van der Waals surface area contributed by atoms with Gasteiger partial charge in [-0.1, -0.05) is 41.9 Å². The Balaban J connectivity index is 1.58. The molecule has 5 rings (SSSR count). The molecule has 0 unspecified atom stereocenters. The molecule has 0 radical (unpaired) electrons. The van der Waals surface area contributed by atoms with Crippen molar-refractivity contribution >= 4 is 44.8 Å². The van der Waals surface area contributed by atoms with E-state index in [9.17, 15) is 23.1 Å². The molecule has 3 heterocycles. The molecule has 0 aliphatic carbocycles. The molecule has 4 aromatic rings. The average Bonchev–Trinajstić information content (AvgIpc) is 3.39. The molecule has 0 saturated heterocycles. The second kappa shape index (κ2) is 7.68. The van der Waals surface area contributed by atoms with Crippen LogP contribution in [0.25, 0.3) is 22.2 Å². The first kappa shape index (κ1) is 21.6. The number of halogens is 4. The number of alkyl halides is 3. The molecule has 168 valence electrons. The van der Waals surface area contributed by atoms with Gasteiger partial charge in [0.25, 0.3) is 5.72 Å². The van der Waals surface area contributed by atoms with Gasteiger partial charge in [-0.05, 0) is 29.8 Å². The minimum Gasteiger partial charge on any atom is -0.422 e. The quantitative estimate of drug-likeness (QED) is 0.386. The Labute approximate surface area is 193 Å². The first-order valence-corrected chi connectivity index (χ1v) is 10.8. The summed E-state index contributed by atoms with van der Waals surface area (Å²) in [6, 6.07) is 14.5. The maximum atomic E-state index is 13.9. The molecule has 0 spiro atoms. The first-order chi connectivity index (χ1) is 15.7. The third-order valence-corrected chi connectivity index (χ3v) is 6.28. The molecule has 1 N–H and O–H groups in total. The molecule has 0 saturated carbocycles. The minimum absolute atomic E-state index is 0.0217. The van der Waals surface area contributed by atoms with Gasteiger partial charge in [0.1, 0.15) is 5.58 Å². The normalized spacial score (nSPS) is 18.7. The van der Waals surface area contributed by atoms with Crippen molar-refractivity contribution in [3.05, 3.63) is 81.0 Å². The van der Waals surface area contributed by atoms with Crippen molar-refractivity contribution in [3.8, 4) is 11.3 Å². The summed E-state index contributed by atoms with van der Waals surface area (Å²) in [5, 5.41) is 17.4. The van der Waals surface area contributed by atoms with E-state index in [1.54, 1.807) is 30.3 Å². The van der Waals surface area contributed by atoms with Gasteiger partial charge in [0, 0.05) is 15.8 Å². The fourth-order valence-electron chi connectivity index (χ4n) is 3.50. The first-order valence-electron chi connectivity index (χ1n) is 9.57. The van der Waals surface area contributed by atoms with Crippen LogP contribution in [0, 0.1) is 0 Å². The lowest BCUT2D eigenvalue weighted by Gasteiger charge is -2.32. The van der Waals surface area contributed by atoms with Gasteiger partial charge in [-0.2, -0.15) is 23.3 Å². The summed E-state index contributed by atoms with van der Waals surface area (Å²) in [4.78, 5) is 16.6. The second-order valence-corrected chi connectivity index (χ2v) is 8.63. The van der Waals surface area contributed by atoms with E-state index in [0.29, 0.717) is 26.6 Å². The minimum atomic E-state index is -5.03. The van der Waals surface area contributed by atoms with Crippen LogP contribution >= 0.6 is 22.9 Å². The van der Waals surface area contributed by atoms with Crippen LogP contribution in [-0.2, 0) is 0 Å². The summed E-state index contributed by atoms with van der Waals surface area (Å²) in [7, 11) is 0. The topological polar surface area (TPSA) is 78.9 Å². The number of hydrazone groups is 1. The summed E-state index contributed by atoms with van der Waals surface area (Å²) < 4.78 is 47.1. The molecule has 1 aliphatic heterocycles. The molecular formula is C22H13ClF3N3O3S. The molecule has 0 amide bonds. The van der Waals surface area contributed by atoms with Crippen LogP contribution in [0.5, 0.6) is 0 Å². The predicted molar refractivity (Wildman–Crippen MR) is 120 cm³/mol. The number of thiazole rings is 1. The highest BCUT2D eigenvalue weighted by atomic mass is 35.5.